The summed E-state index contributed by atoms with van der Waals surface area (Å²) < 4.78 is 1.05. The molecule has 21 heavy (non-hydrogen) atoms. The van der Waals surface area contributed by atoms with Gasteiger partial charge in [0, 0.05) is 14.8 Å². The lowest BCUT2D eigenvalue weighted by molar-refractivity contribution is 0.800. The Balaban J connectivity index is 2.37. The number of benzene rings is 1. The molecular weight excluding hydrogens is 391 g/mol. The largest absolute Gasteiger partial charge is 0.220 e. The highest BCUT2D eigenvalue weighted by molar-refractivity contribution is 9.10. The molecule has 0 fully saturated rings. The molecule has 0 atom stereocenters. The highest BCUT2D eigenvalue weighted by Crippen LogP contribution is 2.37. The first-order valence-electron chi connectivity index (χ1n) is 6.39. The Kier molecular flexibility index (Phi) is 5.58. The van der Waals surface area contributed by atoms with Gasteiger partial charge < -0.3 is 0 Å². The summed E-state index contributed by atoms with van der Waals surface area (Å²) in [7, 11) is 0. The Morgan fingerprint density at radius 2 is 1.67 bits per heavy atom. The second-order valence-electron chi connectivity index (χ2n) is 5.48. The van der Waals surface area contributed by atoms with Crippen molar-refractivity contribution < 1.29 is 0 Å². The fraction of sp³-hybridized carbons (Fsp3) is 0.333. The van der Waals surface area contributed by atoms with Gasteiger partial charge in [0.25, 0.3) is 0 Å². The van der Waals surface area contributed by atoms with E-state index in [-0.39, 0.29) is 4.75 Å². The zero-order chi connectivity index (χ0) is 15.6. The summed E-state index contributed by atoms with van der Waals surface area (Å²) in [5.41, 5.74) is 1.55. The first-order chi connectivity index (χ1) is 9.78. The Hall–Kier alpha value is -0.290. The number of aromatic nitrogens is 2. The highest BCUT2D eigenvalue weighted by Gasteiger charge is 2.17. The van der Waals surface area contributed by atoms with Crippen molar-refractivity contribution in [2.45, 2.75) is 31.3 Å². The predicted octanol–water partition coefficient (Wildman–Crippen LogP) is 6.24. The van der Waals surface area contributed by atoms with E-state index in [1.54, 1.807) is 11.8 Å². The molecule has 0 unspecified atom stereocenters. The Morgan fingerprint density at radius 3 is 2.19 bits per heavy atom. The summed E-state index contributed by atoms with van der Waals surface area (Å²) in [5, 5.41) is 0.762. The van der Waals surface area contributed by atoms with Crippen molar-refractivity contribution in [1.82, 2.24) is 9.97 Å². The SMILES string of the molecule is CC(C)(C)SCc1nc(Cl)c(-c2ccccc2Br)c(Cl)n1. The van der Waals surface area contributed by atoms with Crippen LogP contribution in [-0.2, 0) is 5.75 Å². The average Bonchev–Trinajstić information content (AvgIpc) is 2.37. The third-order valence-corrected chi connectivity index (χ3v) is 5.15. The maximum Gasteiger partial charge on any atom is 0.142 e. The quantitative estimate of drug-likeness (QED) is 0.564. The minimum absolute atomic E-state index is 0.142. The molecule has 2 rings (SSSR count). The monoisotopic (exact) mass is 404 g/mol. The molecule has 2 aromatic rings. The fourth-order valence-electron chi connectivity index (χ4n) is 1.68. The second-order valence-corrected chi connectivity index (χ2v) is 8.85. The van der Waals surface area contributed by atoms with Crippen molar-refractivity contribution in [2.75, 3.05) is 0 Å². The van der Waals surface area contributed by atoms with Gasteiger partial charge in [0.15, 0.2) is 0 Å². The van der Waals surface area contributed by atoms with E-state index < -0.39 is 0 Å². The number of halogens is 3. The standard InChI is InChI=1S/C15H15BrCl2N2S/c1-15(2,3)21-8-11-19-13(17)12(14(18)20-11)9-6-4-5-7-10(9)16/h4-7H,8H2,1-3H3. The number of thioether (sulfide) groups is 1. The van der Waals surface area contributed by atoms with E-state index >= 15 is 0 Å². The van der Waals surface area contributed by atoms with Crippen LogP contribution in [0.3, 0.4) is 0 Å². The molecule has 0 radical (unpaired) electrons. The van der Waals surface area contributed by atoms with Crippen LogP contribution in [0.1, 0.15) is 26.6 Å². The van der Waals surface area contributed by atoms with Crippen LogP contribution in [0, 0.1) is 0 Å². The van der Waals surface area contributed by atoms with E-state index in [4.69, 9.17) is 23.2 Å². The second kappa shape index (κ2) is 6.86. The van der Waals surface area contributed by atoms with Crippen molar-refractivity contribution in [3.8, 4) is 11.1 Å². The first kappa shape index (κ1) is 17.1. The Morgan fingerprint density at radius 1 is 1.10 bits per heavy atom. The molecule has 0 spiro atoms. The molecular formula is C15H15BrCl2N2S. The van der Waals surface area contributed by atoms with Gasteiger partial charge in [-0.1, -0.05) is 78.1 Å². The first-order valence-corrected chi connectivity index (χ1v) is 8.92. The summed E-state index contributed by atoms with van der Waals surface area (Å²) in [5.74, 6) is 1.33. The summed E-state index contributed by atoms with van der Waals surface area (Å²) in [4.78, 5) is 8.77. The molecule has 2 nitrogen and oxygen atoms in total. The highest BCUT2D eigenvalue weighted by atomic mass is 79.9. The van der Waals surface area contributed by atoms with Crippen LogP contribution in [0.15, 0.2) is 28.7 Å². The topological polar surface area (TPSA) is 25.8 Å². The van der Waals surface area contributed by atoms with Crippen molar-refractivity contribution in [2.24, 2.45) is 0 Å². The zero-order valence-corrected chi connectivity index (χ0v) is 15.9. The molecule has 0 aliphatic heterocycles. The Bertz CT molecular complexity index is 633. The Labute approximate surface area is 147 Å². The zero-order valence-electron chi connectivity index (χ0n) is 12.0. The van der Waals surface area contributed by atoms with Gasteiger partial charge in [-0.25, -0.2) is 9.97 Å². The number of hydrogen-bond acceptors (Lipinski definition) is 3. The molecule has 0 N–H and O–H groups in total. The normalized spacial score (nSPS) is 11.7. The van der Waals surface area contributed by atoms with Gasteiger partial charge in [-0.15, -0.1) is 11.8 Å². The van der Waals surface area contributed by atoms with E-state index in [9.17, 15) is 0 Å². The minimum Gasteiger partial charge on any atom is -0.220 e. The van der Waals surface area contributed by atoms with Crippen LogP contribution in [0.4, 0.5) is 0 Å². The van der Waals surface area contributed by atoms with Crippen LogP contribution in [-0.4, -0.2) is 14.7 Å². The lowest BCUT2D eigenvalue weighted by Gasteiger charge is -2.17. The molecule has 0 aliphatic carbocycles. The molecule has 0 saturated heterocycles. The van der Waals surface area contributed by atoms with Crippen molar-refractivity contribution in [3.05, 3.63) is 44.9 Å². The predicted molar refractivity (Wildman–Crippen MR) is 96.2 cm³/mol. The minimum atomic E-state index is 0.142. The number of nitrogens with zero attached hydrogens (tertiary/aromatic N) is 2. The van der Waals surface area contributed by atoms with E-state index in [0.29, 0.717) is 27.4 Å². The molecule has 1 aromatic carbocycles. The van der Waals surface area contributed by atoms with Crippen molar-refractivity contribution in [1.29, 1.82) is 0 Å². The van der Waals surface area contributed by atoms with Crippen LogP contribution in [0.5, 0.6) is 0 Å². The summed E-state index contributed by atoms with van der Waals surface area (Å²) >= 11 is 17.9. The van der Waals surface area contributed by atoms with E-state index in [0.717, 1.165) is 10.0 Å². The molecule has 6 heteroatoms. The lowest BCUT2D eigenvalue weighted by Crippen LogP contribution is -2.09. The molecule has 0 saturated carbocycles. The van der Waals surface area contributed by atoms with Crippen LogP contribution in [0.25, 0.3) is 11.1 Å². The molecule has 1 heterocycles. The van der Waals surface area contributed by atoms with Gasteiger partial charge in [-0.3, -0.25) is 0 Å². The van der Waals surface area contributed by atoms with Crippen LogP contribution < -0.4 is 0 Å². The molecule has 112 valence electrons. The van der Waals surface area contributed by atoms with Crippen LogP contribution >= 0.6 is 50.9 Å². The molecule has 0 aliphatic rings. The number of hydrogen-bond donors (Lipinski definition) is 0. The van der Waals surface area contributed by atoms with Crippen LogP contribution in [0.2, 0.25) is 10.3 Å². The van der Waals surface area contributed by atoms with Gasteiger partial charge in [-0.2, -0.15) is 0 Å². The van der Waals surface area contributed by atoms with Gasteiger partial charge in [0.2, 0.25) is 0 Å². The van der Waals surface area contributed by atoms with Gasteiger partial charge in [-0.05, 0) is 6.07 Å². The number of rotatable bonds is 3. The van der Waals surface area contributed by atoms with E-state index in [2.05, 4.69) is 46.7 Å². The third-order valence-electron chi connectivity index (χ3n) is 2.64. The summed E-state index contributed by atoms with van der Waals surface area (Å²) in [6.07, 6.45) is 0. The van der Waals surface area contributed by atoms with Crippen molar-refractivity contribution in [3.63, 3.8) is 0 Å². The van der Waals surface area contributed by atoms with E-state index in [1.165, 1.54) is 0 Å². The third kappa shape index (κ3) is 4.59. The smallest absolute Gasteiger partial charge is 0.142 e. The molecule has 0 bridgehead atoms. The van der Waals surface area contributed by atoms with Gasteiger partial charge >= 0.3 is 0 Å². The lowest BCUT2D eigenvalue weighted by atomic mass is 10.1. The van der Waals surface area contributed by atoms with Gasteiger partial charge in [0.1, 0.15) is 16.1 Å². The maximum absolute atomic E-state index is 6.33. The summed E-state index contributed by atoms with van der Waals surface area (Å²) in [6, 6.07) is 7.73. The van der Waals surface area contributed by atoms with E-state index in [1.807, 2.05) is 24.3 Å². The molecule has 1 aromatic heterocycles. The average molecular weight is 406 g/mol. The van der Waals surface area contributed by atoms with Crippen molar-refractivity contribution >= 4 is 50.9 Å². The molecule has 0 amide bonds. The van der Waals surface area contributed by atoms with Gasteiger partial charge in [0.05, 0.1) is 11.3 Å². The summed E-state index contributed by atoms with van der Waals surface area (Å²) in [6.45, 7) is 6.45. The maximum atomic E-state index is 6.33. The fourth-order valence-corrected chi connectivity index (χ4v) is 3.48.